The maximum atomic E-state index is 13.4. The molecule has 3 aromatic rings. The summed E-state index contributed by atoms with van der Waals surface area (Å²) in [5.41, 5.74) is 0.376. The zero-order valence-corrected chi connectivity index (χ0v) is 18.5. The van der Waals surface area contributed by atoms with Gasteiger partial charge in [-0.1, -0.05) is 0 Å². The molecule has 0 spiro atoms. The summed E-state index contributed by atoms with van der Waals surface area (Å²) >= 11 is 0. The van der Waals surface area contributed by atoms with E-state index in [1.165, 1.54) is 30.7 Å². The van der Waals surface area contributed by atoms with E-state index in [1.807, 2.05) is 0 Å². The number of nitriles is 1. The van der Waals surface area contributed by atoms with Crippen LogP contribution in [0.1, 0.15) is 32.7 Å². The second-order valence-electron chi connectivity index (χ2n) is 7.82. The van der Waals surface area contributed by atoms with E-state index in [4.69, 9.17) is 5.26 Å². The molecule has 4 rings (SSSR count). The number of fused-ring (bicyclic) bond motifs is 1. The highest BCUT2D eigenvalue weighted by Crippen LogP contribution is 2.36. The third-order valence-electron chi connectivity index (χ3n) is 5.49. The smallest absolute Gasteiger partial charge is 0.365 e. The van der Waals surface area contributed by atoms with Crippen molar-refractivity contribution in [2.24, 2.45) is 0 Å². The Labute approximate surface area is 201 Å². The number of aromatic nitrogens is 3. The molecule has 0 fully saturated rings. The average Bonchev–Trinajstić information content (AvgIpc) is 2.86. The summed E-state index contributed by atoms with van der Waals surface area (Å²) in [5.74, 6) is 0.133. The number of amides is 1. The quantitative estimate of drug-likeness (QED) is 0.489. The molecule has 0 radical (unpaired) electrons. The van der Waals surface area contributed by atoms with Crippen LogP contribution >= 0.6 is 0 Å². The molecule has 36 heavy (non-hydrogen) atoms. The minimum absolute atomic E-state index is 0.113. The summed E-state index contributed by atoms with van der Waals surface area (Å²) < 4.78 is 64.6. The molecular weight excluding hydrogens is 485 g/mol. The topological polar surface area (TPSA) is 107 Å². The van der Waals surface area contributed by atoms with Crippen molar-refractivity contribution in [1.82, 2.24) is 20.3 Å². The molecule has 1 amide bonds. The van der Waals surface area contributed by atoms with Crippen LogP contribution in [0.4, 0.5) is 39.3 Å². The van der Waals surface area contributed by atoms with Crippen LogP contribution in [0.25, 0.3) is 0 Å². The van der Waals surface area contributed by atoms with Gasteiger partial charge in [0.1, 0.15) is 18.0 Å². The van der Waals surface area contributed by atoms with Gasteiger partial charge in [0, 0.05) is 24.0 Å². The van der Waals surface area contributed by atoms with E-state index >= 15 is 0 Å². The standard InChI is InChI=1S/C23H18F5N7O/c24-19(25)10-31-22(36)14-2-4-20(30-9-14)34-21-16-5-6-35(11-18(16)32-12-33-21)15-3-1-13(8-29)17(7-15)23(26,27)28/h1-4,7,9,12,19H,5-6,10-11H2,(H,31,36)(H,30,32,33,34). The fourth-order valence-electron chi connectivity index (χ4n) is 3.74. The van der Waals surface area contributed by atoms with Crippen LogP contribution < -0.4 is 15.5 Å². The van der Waals surface area contributed by atoms with Gasteiger partial charge in [-0.3, -0.25) is 4.79 Å². The van der Waals surface area contributed by atoms with Gasteiger partial charge < -0.3 is 15.5 Å². The lowest BCUT2D eigenvalue weighted by atomic mass is 10.0. The first kappa shape index (κ1) is 24.8. The predicted molar refractivity (Wildman–Crippen MR) is 119 cm³/mol. The number of pyridine rings is 1. The molecule has 0 saturated carbocycles. The van der Waals surface area contributed by atoms with Crippen LogP contribution in [0.5, 0.6) is 0 Å². The van der Waals surface area contributed by atoms with E-state index in [0.717, 1.165) is 17.7 Å². The molecule has 0 unspecified atom stereocenters. The van der Waals surface area contributed by atoms with Crippen LogP contribution in [-0.2, 0) is 19.1 Å². The Hall–Kier alpha value is -4.34. The fourth-order valence-corrected chi connectivity index (χ4v) is 3.74. The maximum absolute atomic E-state index is 13.4. The van der Waals surface area contributed by atoms with Gasteiger partial charge in [-0.2, -0.15) is 18.4 Å². The molecule has 2 N–H and O–H groups in total. The molecule has 0 aliphatic carbocycles. The predicted octanol–water partition coefficient (Wildman–Crippen LogP) is 4.06. The lowest BCUT2D eigenvalue weighted by Crippen LogP contribution is -2.32. The van der Waals surface area contributed by atoms with Gasteiger partial charge >= 0.3 is 6.18 Å². The van der Waals surface area contributed by atoms with E-state index < -0.39 is 36.2 Å². The highest BCUT2D eigenvalue weighted by molar-refractivity contribution is 5.94. The van der Waals surface area contributed by atoms with Crippen molar-refractivity contribution in [2.75, 3.05) is 23.3 Å². The molecule has 2 aromatic heterocycles. The minimum atomic E-state index is -4.65. The Kier molecular flexibility index (Phi) is 6.96. The average molecular weight is 503 g/mol. The molecule has 1 aromatic carbocycles. The number of hydrogen-bond acceptors (Lipinski definition) is 7. The van der Waals surface area contributed by atoms with Gasteiger partial charge in [-0.25, -0.2) is 23.7 Å². The number of halogens is 5. The summed E-state index contributed by atoms with van der Waals surface area (Å²) in [6.07, 6.45) is -4.33. The molecule has 13 heteroatoms. The third-order valence-corrected chi connectivity index (χ3v) is 5.49. The summed E-state index contributed by atoms with van der Waals surface area (Å²) in [4.78, 5) is 26.2. The van der Waals surface area contributed by atoms with Gasteiger partial charge in [-0.15, -0.1) is 0 Å². The molecule has 0 bridgehead atoms. The van der Waals surface area contributed by atoms with Gasteiger partial charge in [-0.05, 0) is 36.8 Å². The second-order valence-corrected chi connectivity index (χ2v) is 7.82. The summed E-state index contributed by atoms with van der Waals surface area (Å²) in [5, 5.41) is 14.1. The number of carbonyl (C=O) groups is 1. The molecule has 186 valence electrons. The molecular formula is C23H18F5N7O. The zero-order chi connectivity index (χ0) is 25.9. The van der Waals surface area contributed by atoms with Crippen molar-refractivity contribution in [3.63, 3.8) is 0 Å². The Morgan fingerprint density at radius 3 is 2.64 bits per heavy atom. The van der Waals surface area contributed by atoms with Crippen LogP contribution in [0.15, 0.2) is 42.9 Å². The van der Waals surface area contributed by atoms with Crippen molar-refractivity contribution in [1.29, 1.82) is 5.26 Å². The normalized spacial score (nSPS) is 13.2. The first-order valence-corrected chi connectivity index (χ1v) is 10.6. The first-order valence-electron chi connectivity index (χ1n) is 10.6. The number of anilines is 3. The fraction of sp³-hybridized carbons (Fsp3) is 0.261. The van der Waals surface area contributed by atoms with Crippen LogP contribution in [-0.4, -0.2) is 40.4 Å². The number of benzene rings is 1. The van der Waals surface area contributed by atoms with Crippen LogP contribution in [0.2, 0.25) is 0 Å². The lowest BCUT2D eigenvalue weighted by Gasteiger charge is -2.31. The number of carbonyl (C=O) groups excluding carboxylic acids is 1. The number of rotatable bonds is 6. The SMILES string of the molecule is N#Cc1ccc(N2CCc3c(ncnc3Nc3ccc(C(=O)NCC(F)F)cn3)C2)cc1C(F)(F)F. The molecule has 1 aliphatic rings. The van der Waals surface area contributed by atoms with Gasteiger partial charge in [0.25, 0.3) is 12.3 Å². The van der Waals surface area contributed by atoms with E-state index in [-0.39, 0.29) is 12.1 Å². The number of nitrogens with one attached hydrogen (secondary N) is 2. The van der Waals surface area contributed by atoms with Crippen molar-refractivity contribution < 1.29 is 26.7 Å². The number of nitrogens with zero attached hydrogens (tertiary/aromatic N) is 5. The summed E-state index contributed by atoms with van der Waals surface area (Å²) in [6.45, 7) is -0.149. The van der Waals surface area contributed by atoms with Crippen LogP contribution in [0, 0.1) is 11.3 Å². The maximum Gasteiger partial charge on any atom is 0.417 e. The van der Waals surface area contributed by atoms with E-state index in [0.29, 0.717) is 36.0 Å². The van der Waals surface area contributed by atoms with Gasteiger partial charge in [0.15, 0.2) is 0 Å². The van der Waals surface area contributed by atoms with Crippen molar-refractivity contribution in [3.8, 4) is 6.07 Å². The van der Waals surface area contributed by atoms with Gasteiger partial charge in [0.2, 0.25) is 0 Å². The summed E-state index contributed by atoms with van der Waals surface area (Å²) in [7, 11) is 0. The molecule has 0 saturated heterocycles. The Bertz CT molecular complexity index is 1310. The van der Waals surface area contributed by atoms with Crippen molar-refractivity contribution in [3.05, 3.63) is 70.8 Å². The number of hydrogen-bond donors (Lipinski definition) is 2. The lowest BCUT2D eigenvalue weighted by molar-refractivity contribution is -0.137. The molecule has 1 aliphatic heterocycles. The first-order chi connectivity index (χ1) is 17.2. The highest BCUT2D eigenvalue weighted by atomic mass is 19.4. The highest BCUT2D eigenvalue weighted by Gasteiger charge is 2.34. The third kappa shape index (κ3) is 5.48. The Morgan fingerprint density at radius 2 is 1.97 bits per heavy atom. The van der Waals surface area contributed by atoms with Crippen molar-refractivity contribution >= 4 is 23.2 Å². The molecule has 3 heterocycles. The zero-order valence-electron chi connectivity index (χ0n) is 18.5. The Morgan fingerprint density at radius 1 is 1.17 bits per heavy atom. The van der Waals surface area contributed by atoms with E-state index in [9.17, 15) is 26.7 Å². The van der Waals surface area contributed by atoms with E-state index in [1.54, 1.807) is 11.0 Å². The van der Waals surface area contributed by atoms with Gasteiger partial charge in [0.05, 0.1) is 41.5 Å². The van der Waals surface area contributed by atoms with Crippen LogP contribution in [0.3, 0.4) is 0 Å². The second kappa shape index (κ2) is 10.1. The summed E-state index contributed by atoms with van der Waals surface area (Å²) in [6, 6.07) is 8.09. The largest absolute Gasteiger partial charge is 0.417 e. The van der Waals surface area contributed by atoms with Crippen molar-refractivity contribution in [2.45, 2.75) is 25.6 Å². The monoisotopic (exact) mass is 503 g/mol. The molecule has 8 nitrogen and oxygen atoms in total. The molecule has 0 atom stereocenters. The number of alkyl halides is 5. The minimum Gasteiger partial charge on any atom is -0.365 e. The Balaban J connectivity index is 1.50. The van der Waals surface area contributed by atoms with E-state index in [2.05, 4.69) is 25.6 Å².